The second-order valence-electron chi connectivity index (χ2n) is 5.92. The average Bonchev–Trinajstić information content (AvgIpc) is 2.17. The van der Waals surface area contributed by atoms with Crippen molar-refractivity contribution in [1.82, 2.24) is 0 Å². The van der Waals surface area contributed by atoms with Gasteiger partial charge in [-0.2, -0.15) is 13.2 Å². The van der Waals surface area contributed by atoms with E-state index >= 15 is 0 Å². The summed E-state index contributed by atoms with van der Waals surface area (Å²) in [5.41, 5.74) is 0. The minimum atomic E-state index is -4.69. The van der Waals surface area contributed by atoms with Crippen molar-refractivity contribution >= 4 is 8.32 Å². The third-order valence-corrected chi connectivity index (χ3v) is 7.65. The summed E-state index contributed by atoms with van der Waals surface area (Å²) < 4.78 is 48.6. The minimum absolute atomic E-state index is 0.236. The maximum atomic E-state index is 12.8. The van der Waals surface area contributed by atoms with Crippen molar-refractivity contribution in [1.29, 1.82) is 0 Å². The average molecular weight is 296 g/mol. The van der Waals surface area contributed by atoms with Crippen LogP contribution in [0.25, 0.3) is 0 Å². The molecular weight excluding hydrogens is 277 g/mol. The molecule has 3 nitrogen and oxygen atoms in total. The van der Waals surface area contributed by atoms with Gasteiger partial charge in [-0.15, -0.1) is 0 Å². The van der Waals surface area contributed by atoms with E-state index < -0.39 is 26.5 Å². The van der Waals surface area contributed by atoms with Gasteiger partial charge in [0.25, 0.3) is 8.32 Å². The first-order chi connectivity index (χ1) is 8.34. The van der Waals surface area contributed by atoms with E-state index in [9.17, 15) is 13.2 Å². The van der Waals surface area contributed by atoms with Crippen molar-refractivity contribution in [3.8, 4) is 0 Å². The highest BCUT2D eigenvalue weighted by molar-refractivity contribution is 6.74. The zero-order valence-corrected chi connectivity index (χ0v) is 12.6. The smallest absolute Gasteiger partial charge is 0.452 e. The topological polar surface area (TPSA) is 38.7 Å². The standard InChI is InChI=1S/C12H19F3O3Si/c1-11(2,3)19(4,5)18-8-6-7-9(16)17-10(8)12(13,14)15/h6-7,9,16H,1-5H3. The van der Waals surface area contributed by atoms with Crippen molar-refractivity contribution in [3.63, 3.8) is 0 Å². The molecule has 1 rings (SSSR count). The lowest BCUT2D eigenvalue weighted by Crippen LogP contribution is -2.41. The molecule has 0 aromatic heterocycles. The lowest BCUT2D eigenvalue weighted by atomic mass is 10.2. The second kappa shape index (κ2) is 4.86. The number of aliphatic hydroxyl groups is 1. The molecule has 0 aromatic carbocycles. The predicted molar refractivity (Wildman–Crippen MR) is 67.6 cm³/mol. The van der Waals surface area contributed by atoms with E-state index in [0.717, 1.165) is 12.2 Å². The summed E-state index contributed by atoms with van der Waals surface area (Å²) in [7, 11) is -2.41. The lowest BCUT2D eigenvalue weighted by Gasteiger charge is -2.38. The normalized spacial score (nSPS) is 21.4. The highest BCUT2D eigenvalue weighted by atomic mass is 28.4. The molecule has 1 N–H and O–H groups in total. The van der Waals surface area contributed by atoms with Gasteiger partial charge in [-0.1, -0.05) is 20.8 Å². The van der Waals surface area contributed by atoms with Crippen LogP contribution in [0.4, 0.5) is 13.2 Å². The fourth-order valence-corrected chi connectivity index (χ4v) is 2.20. The van der Waals surface area contributed by atoms with E-state index in [1.807, 2.05) is 33.9 Å². The molecule has 0 radical (unpaired) electrons. The highest BCUT2D eigenvalue weighted by Crippen LogP contribution is 2.41. The minimum Gasteiger partial charge on any atom is -0.541 e. The van der Waals surface area contributed by atoms with E-state index in [1.54, 1.807) is 0 Å². The molecule has 19 heavy (non-hydrogen) atoms. The van der Waals surface area contributed by atoms with Crippen LogP contribution in [0.1, 0.15) is 20.8 Å². The van der Waals surface area contributed by atoms with Crippen LogP contribution in [0.5, 0.6) is 0 Å². The predicted octanol–water partition coefficient (Wildman–Crippen LogP) is 3.69. The van der Waals surface area contributed by atoms with Crippen LogP contribution in [-0.2, 0) is 9.16 Å². The first-order valence-corrected chi connectivity index (χ1v) is 8.79. The van der Waals surface area contributed by atoms with Crippen molar-refractivity contribution in [2.45, 2.75) is 51.4 Å². The molecule has 1 unspecified atom stereocenters. The van der Waals surface area contributed by atoms with Crippen LogP contribution < -0.4 is 0 Å². The van der Waals surface area contributed by atoms with E-state index in [0.29, 0.717) is 0 Å². The number of ether oxygens (including phenoxy) is 1. The van der Waals surface area contributed by atoms with Gasteiger partial charge in [-0.25, -0.2) is 0 Å². The molecule has 0 aromatic rings. The molecule has 0 aliphatic carbocycles. The Bertz CT molecular complexity index is 405. The first-order valence-electron chi connectivity index (χ1n) is 5.88. The van der Waals surface area contributed by atoms with Crippen molar-refractivity contribution < 1.29 is 27.4 Å². The number of aliphatic hydroxyl groups excluding tert-OH is 1. The summed E-state index contributed by atoms with van der Waals surface area (Å²) in [6.07, 6.45) is -4.04. The van der Waals surface area contributed by atoms with Gasteiger partial charge < -0.3 is 14.3 Å². The molecule has 1 heterocycles. The van der Waals surface area contributed by atoms with Crippen LogP contribution in [0, 0.1) is 0 Å². The quantitative estimate of drug-likeness (QED) is 0.790. The SMILES string of the molecule is CC(C)(C)[Si](C)(C)OC1=C(C(F)(F)F)OC(O)C=C1. The molecule has 0 bridgehead atoms. The maximum absolute atomic E-state index is 12.8. The molecule has 1 aliphatic heterocycles. The third-order valence-electron chi connectivity index (χ3n) is 3.30. The molecule has 1 atom stereocenters. The summed E-state index contributed by atoms with van der Waals surface area (Å²) in [6, 6.07) is 0. The first kappa shape index (κ1) is 16.1. The van der Waals surface area contributed by atoms with Gasteiger partial charge in [-0.3, -0.25) is 0 Å². The van der Waals surface area contributed by atoms with E-state index in [4.69, 9.17) is 9.53 Å². The monoisotopic (exact) mass is 296 g/mol. The fourth-order valence-electron chi connectivity index (χ4n) is 1.18. The van der Waals surface area contributed by atoms with Gasteiger partial charge in [0.15, 0.2) is 5.76 Å². The summed E-state index contributed by atoms with van der Waals surface area (Å²) in [5.74, 6) is -1.63. The van der Waals surface area contributed by atoms with Crippen LogP contribution in [-0.4, -0.2) is 25.9 Å². The molecule has 110 valence electrons. The number of hydrogen-bond acceptors (Lipinski definition) is 3. The van der Waals surface area contributed by atoms with Gasteiger partial charge in [-0.05, 0) is 30.3 Å². The number of alkyl halides is 3. The number of rotatable bonds is 2. The number of allylic oxidation sites excluding steroid dienone is 2. The lowest BCUT2D eigenvalue weighted by molar-refractivity contribution is -0.165. The van der Waals surface area contributed by atoms with Crippen molar-refractivity contribution in [3.05, 3.63) is 23.7 Å². The Hall–Kier alpha value is -0.953. The molecule has 0 saturated carbocycles. The largest absolute Gasteiger partial charge is 0.541 e. The van der Waals surface area contributed by atoms with Gasteiger partial charge in [0, 0.05) is 0 Å². The van der Waals surface area contributed by atoms with Gasteiger partial charge in [0.05, 0.1) is 0 Å². The Balaban J connectivity index is 3.12. The molecule has 0 spiro atoms. The van der Waals surface area contributed by atoms with Crippen molar-refractivity contribution in [2.75, 3.05) is 0 Å². The van der Waals surface area contributed by atoms with Crippen LogP contribution >= 0.6 is 0 Å². The summed E-state index contributed by atoms with van der Waals surface area (Å²) in [5, 5.41) is 8.90. The summed E-state index contributed by atoms with van der Waals surface area (Å²) >= 11 is 0. The van der Waals surface area contributed by atoms with E-state index in [-0.39, 0.29) is 10.8 Å². The zero-order valence-electron chi connectivity index (χ0n) is 11.6. The van der Waals surface area contributed by atoms with E-state index in [2.05, 4.69) is 4.74 Å². The molecule has 1 aliphatic rings. The second-order valence-corrected chi connectivity index (χ2v) is 10.6. The van der Waals surface area contributed by atoms with Gasteiger partial charge in [0.2, 0.25) is 12.0 Å². The fraction of sp³-hybridized carbons (Fsp3) is 0.667. The Morgan fingerprint density at radius 1 is 1.26 bits per heavy atom. The Morgan fingerprint density at radius 3 is 2.21 bits per heavy atom. The zero-order chi connectivity index (χ0) is 15.1. The van der Waals surface area contributed by atoms with E-state index in [1.165, 1.54) is 0 Å². The molecule has 0 saturated heterocycles. The van der Waals surface area contributed by atoms with Gasteiger partial charge in [0.1, 0.15) is 0 Å². The van der Waals surface area contributed by atoms with Crippen LogP contribution in [0.3, 0.4) is 0 Å². The molecule has 7 heteroatoms. The number of halogens is 3. The maximum Gasteiger partial charge on any atom is 0.452 e. The van der Waals surface area contributed by atoms with Crippen molar-refractivity contribution in [2.24, 2.45) is 0 Å². The summed E-state index contributed by atoms with van der Waals surface area (Å²) in [4.78, 5) is 0. The molecule has 0 fully saturated rings. The molecular formula is C12H19F3O3Si. The number of hydrogen-bond donors (Lipinski definition) is 1. The molecule has 0 amide bonds. The Morgan fingerprint density at radius 2 is 1.79 bits per heavy atom. The Kier molecular flexibility index (Phi) is 4.12. The van der Waals surface area contributed by atoms with Crippen LogP contribution in [0.15, 0.2) is 23.7 Å². The highest BCUT2D eigenvalue weighted by Gasteiger charge is 2.45. The summed E-state index contributed by atoms with van der Waals surface area (Å²) in [6.45, 7) is 9.46. The van der Waals surface area contributed by atoms with Crippen LogP contribution in [0.2, 0.25) is 18.1 Å². The Labute approximate surface area is 111 Å². The third kappa shape index (κ3) is 3.76. The van der Waals surface area contributed by atoms with Gasteiger partial charge >= 0.3 is 6.18 Å².